The summed E-state index contributed by atoms with van der Waals surface area (Å²) in [5, 5.41) is 0. The van der Waals surface area contributed by atoms with Gasteiger partial charge in [-0.1, -0.05) is 6.07 Å². The third-order valence-electron chi connectivity index (χ3n) is 6.13. The van der Waals surface area contributed by atoms with Gasteiger partial charge in [0.25, 0.3) is 0 Å². The van der Waals surface area contributed by atoms with Gasteiger partial charge in [0, 0.05) is 19.0 Å². The van der Waals surface area contributed by atoms with Gasteiger partial charge in [-0.2, -0.15) is 0 Å². The van der Waals surface area contributed by atoms with Gasteiger partial charge in [-0.15, -0.1) is 0 Å². The van der Waals surface area contributed by atoms with Crippen LogP contribution in [0.4, 0.5) is 9.18 Å². The van der Waals surface area contributed by atoms with Crippen molar-refractivity contribution in [2.45, 2.75) is 78.1 Å². The van der Waals surface area contributed by atoms with Gasteiger partial charge in [-0.05, 0) is 78.9 Å². The zero-order chi connectivity index (χ0) is 23.0. The number of piperidine rings is 1. The molecular weight excluding hydrogens is 400 g/mol. The highest BCUT2D eigenvalue weighted by Crippen LogP contribution is 2.36. The van der Waals surface area contributed by atoms with Crippen LogP contribution in [-0.2, 0) is 14.0 Å². The van der Waals surface area contributed by atoms with Crippen LogP contribution in [0.15, 0.2) is 18.2 Å². The first-order valence-electron chi connectivity index (χ1n) is 11.0. The molecule has 0 spiro atoms. The minimum atomic E-state index is -0.578. The van der Waals surface area contributed by atoms with Gasteiger partial charge in [0.05, 0.1) is 17.8 Å². The van der Waals surface area contributed by atoms with E-state index in [0.717, 1.165) is 12.8 Å². The van der Waals surface area contributed by atoms with Crippen LogP contribution in [0.5, 0.6) is 5.75 Å². The standard InChI is InChI=1S/C23H35BFNO5/c1-21(2,3)29-20(27)26-12-8-9-16(14-26)15-28-19-13-17(10-11-18(19)25)24-30-22(4,5)23(6,7)31-24/h10-11,13,16H,8-9,12,14-15H2,1-7H3. The molecule has 31 heavy (non-hydrogen) atoms. The van der Waals surface area contributed by atoms with Gasteiger partial charge in [0.15, 0.2) is 11.6 Å². The summed E-state index contributed by atoms with van der Waals surface area (Å²) in [6, 6.07) is 4.69. The molecule has 1 atom stereocenters. The van der Waals surface area contributed by atoms with Crippen molar-refractivity contribution in [3.8, 4) is 5.75 Å². The van der Waals surface area contributed by atoms with Crippen molar-refractivity contribution >= 4 is 18.7 Å². The molecule has 172 valence electrons. The predicted octanol–water partition coefficient (Wildman–Crippen LogP) is 4.15. The molecule has 0 aliphatic carbocycles. The van der Waals surface area contributed by atoms with Crippen molar-refractivity contribution in [2.75, 3.05) is 19.7 Å². The molecule has 0 radical (unpaired) electrons. The molecule has 3 rings (SSSR count). The van der Waals surface area contributed by atoms with Crippen LogP contribution in [0.2, 0.25) is 0 Å². The second-order valence-corrected chi connectivity index (χ2v) is 10.5. The molecule has 0 saturated carbocycles. The third kappa shape index (κ3) is 5.72. The highest BCUT2D eigenvalue weighted by atomic mass is 19.1. The maximum atomic E-state index is 14.4. The SMILES string of the molecule is CC(C)(C)OC(=O)N1CCCC(COc2cc(B3OC(C)(C)C(C)(C)O3)ccc2F)C1. The van der Waals surface area contributed by atoms with E-state index in [1.54, 1.807) is 17.0 Å². The Kier molecular flexibility index (Phi) is 6.64. The van der Waals surface area contributed by atoms with E-state index in [-0.39, 0.29) is 17.8 Å². The molecule has 2 saturated heterocycles. The number of hydrogen-bond donors (Lipinski definition) is 0. The molecule has 8 heteroatoms. The molecule has 2 heterocycles. The topological polar surface area (TPSA) is 57.2 Å². The minimum Gasteiger partial charge on any atom is -0.490 e. The quantitative estimate of drug-likeness (QED) is 0.666. The van der Waals surface area contributed by atoms with Gasteiger partial charge in [-0.25, -0.2) is 9.18 Å². The number of amides is 1. The van der Waals surface area contributed by atoms with E-state index in [1.807, 2.05) is 48.5 Å². The van der Waals surface area contributed by atoms with Crippen molar-refractivity contribution in [2.24, 2.45) is 5.92 Å². The number of benzene rings is 1. The highest BCUT2D eigenvalue weighted by Gasteiger charge is 2.51. The number of nitrogens with zero attached hydrogens (tertiary/aromatic N) is 1. The number of likely N-dealkylation sites (tertiary alicyclic amines) is 1. The molecule has 0 aromatic heterocycles. The van der Waals surface area contributed by atoms with Crippen LogP contribution < -0.4 is 10.2 Å². The lowest BCUT2D eigenvalue weighted by Gasteiger charge is -2.34. The smallest absolute Gasteiger partial charge is 0.490 e. The molecule has 2 aliphatic rings. The van der Waals surface area contributed by atoms with E-state index in [2.05, 4.69) is 0 Å². The predicted molar refractivity (Wildman–Crippen MR) is 118 cm³/mol. The Morgan fingerprint density at radius 3 is 2.48 bits per heavy atom. The van der Waals surface area contributed by atoms with E-state index in [9.17, 15) is 9.18 Å². The lowest BCUT2D eigenvalue weighted by molar-refractivity contribution is 0.00578. The number of hydrogen-bond acceptors (Lipinski definition) is 5. The Balaban J connectivity index is 1.62. The van der Waals surface area contributed by atoms with Gasteiger partial charge in [0.1, 0.15) is 5.60 Å². The molecule has 1 aromatic rings. The van der Waals surface area contributed by atoms with Gasteiger partial charge >= 0.3 is 13.2 Å². The third-order valence-corrected chi connectivity index (χ3v) is 6.13. The van der Waals surface area contributed by atoms with Crippen LogP contribution in [0.3, 0.4) is 0 Å². The Labute approximate surface area is 185 Å². The lowest BCUT2D eigenvalue weighted by atomic mass is 9.79. The summed E-state index contributed by atoms with van der Waals surface area (Å²) in [7, 11) is -0.578. The fraction of sp³-hybridized carbons (Fsp3) is 0.696. The first-order valence-corrected chi connectivity index (χ1v) is 11.0. The molecule has 2 fully saturated rings. The lowest BCUT2D eigenvalue weighted by Crippen LogP contribution is -2.44. The van der Waals surface area contributed by atoms with E-state index in [1.165, 1.54) is 6.07 Å². The van der Waals surface area contributed by atoms with Crippen molar-refractivity contribution in [3.05, 3.63) is 24.0 Å². The number of ether oxygens (including phenoxy) is 2. The Morgan fingerprint density at radius 2 is 1.87 bits per heavy atom. The summed E-state index contributed by atoms with van der Waals surface area (Å²) in [6.07, 6.45) is 1.47. The molecule has 1 amide bonds. The van der Waals surface area contributed by atoms with Crippen LogP contribution in [-0.4, -0.2) is 54.6 Å². The van der Waals surface area contributed by atoms with Crippen molar-refractivity contribution in [1.29, 1.82) is 0 Å². The molecule has 6 nitrogen and oxygen atoms in total. The number of carbonyl (C=O) groups excluding carboxylic acids is 1. The molecular formula is C23H35BFNO5. The number of carbonyl (C=O) groups is 1. The molecule has 1 unspecified atom stereocenters. The monoisotopic (exact) mass is 435 g/mol. The van der Waals surface area contributed by atoms with Crippen LogP contribution >= 0.6 is 0 Å². The second-order valence-electron chi connectivity index (χ2n) is 10.5. The molecule has 2 aliphatic heterocycles. The average molecular weight is 435 g/mol. The maximum Gasteiger partial charge on any atom is 0.494 e. The van der Waals surface area contributed by atoms with Crippen molar-refractivity contribution in [3.63, 3.8) is 0 Å². The normalized spacial score (nSPS) is 23.0. The highest BCUT2D eigenvalue weighted by molar-refractivity contribution is 6.62. The van der Waals surface area contributed by atoms with Gasteiger partial charge in [-0.3, -0.25) is 0 Å². The van der Waals surface area contributed by atoms with E-state index < -0.39 is 29.7 Å². The zero-order valence-corrected chi connectivity index (χ0v) is 19.8. The van der Waals surface area contributed by atoms with Crippen molar-refractivity contribution in [1.82, 2.24) is 4.90 Å². The van der Waals surface area contributed by atoms with Gasteiger partial charge < -0.3 is 23.7 Å². The maximum absolute atomic E-state index is 14.4. The first kappa shape index (κ1) is 23.9. The minimum absolute atomic E-state index is 0.112. The van der Waals surface area contributed by atoms with Crippen LogP contribution in [0.1, 0.15) is 61.3 Å². The fourth-order valence-electron chi connectivity index (χ4n) is 3.66. The summed E-state index contributed by atoms with van der Waals surface area (Å²) >= 11 is 0. The van der Waals surface area contributed by atoms with Crippen molar-refractivity contribution < 1.29 is 28.0 Å². The Hall–Kier alpha value is -1.80. The average Bonchev–Trinajstić information content (AvgIpc) is 2.87. The molecule has 0 N–H and O–H groups in total. The summed E-state index contributed by atoms with van der Waals surface area (Å²) in [5.74, 6) is -0.150. The fourth-order valence-corrected chi connectivity index (χ4v) is 3.66. The van der Waals surface area contributed by atoms with Crippen LogP contribution in [0.25, 0.3) is 0 Å². The summed E-state index contributed by atoms with van der Waals surface area (Å²) in [4.78, 5) is 14.1. The van der Waals surface area contributed by atoms with E-state index >= 15 is 0 Å². The molecule has 0 bridgehead atoms. The van der Waals surface area contributed by atoms with Crippen LogP contribution in [0, 0.1) is 11.7 Å². The second kappa shape index (κ2) is 8.62. The Bertz CT molecular complexity index is 792. The summed E-state index contributed by atoms with van der Waals surface area (Å²) in [6.45, 7) is 15.0. The van der Waals surface area contributed by atoms with E-state index in [0.29, 0.717) is 25.2 Å². The number of rotatable bonds is 4. The van der Waals surface area contributed by atoms with Gasteiger partial charge in [0.2, 0.25) is 0 Å². The largest absolute Gasteiger partial charge is 0.494 e. The number of halogens is 1. The molecule has 1 aromatic carbocycles. The first-order chi connectivity index (χ1) is 14.3. The zero-order valence-electron chi connectivity index (χ0n) is 19.8. The summed E-state index contributed by atoms with van der Waals surface area (Å²) in [5.41, 5.74) is -0.757. The summed E-state index contributed by atoms with van der Waals surface area (Å²) < 4.78 is 37.9. The Morgan fingerprint density at radius 1 is 1.23 bits per heavy atom. The van der Waals surface area contributed by atoms with E-state index in [4.69, 9.17) is 18.8 Å².